The fraction of sp³-hybridized carbons (Fsp3) is 0.231. The van der Waals surface area contributed by atoms with Crippen LogP contribution >= 0.6 is 0 Å². The maximum Gasteiger partial charge on any atom is 0.337 e. The molecule has 0 unspecified atom stereocenters. The summed E-state index contributed by atoms with van der Waals surface area (Å²) in [7, 11) is 3.20. The number of ether oxygens (including phenoxy) is 4. The topological polar surface area (TPSA) is 83.1 Å². The van der Waals surface area contributed by atoms with E-state index in [2.05, 4.69) is 5.32 Å². The molecule has 7 heteroatoms. The van der Waals surface area contributed by atoms with Crippen LogP contribution in [0.25, 0.3) is 0 Å². The maximum absolute atomic E-state index is 14.2. The minimum absolute atomic E-state index is 0.0185. The first-order chi connectivity index (χ1) is 22.4. The Balaban J connectivity index is 1.35. The Morgan fingerprint density at radius 1 is 0.761 bits per heavy atom. The molecule has 0 fully saturated rings. The number of carbonyl (C=O) groups excluding carboxylic acids is 2. The van der Waals surface area contributed by atoms with Crippen LogP contribution in [0.4, 0.5) is 0 Å². The predicted octanol–water partition coefficient (Wildman–Crippen LogP) is 7.39. The number of carbonyl (C=O) groups is 2. The normalized spacial score (nSPS) is 17.6. The molecule has 1 aliphatic carbocycles. The zero-order chi connectivity index (χ0) is 32.0. The molecule has 0 saturated heterocycles. The fourth-order valence-corrected chi connectivity index (χ4v) is 6.31. The number of Topliss-reactive ketones (excluding diaryl/α,β-unsaturated/α-hetero) is 1. The van der Waals surface area contributed by atoms with Crippen molar-refractivity contribution in [3.05, 3.63) is 148 Å². The summed E-state index contributed by atoms with van der Waals surface area (Å²) in [5, 5.41) is 3.44. The van der Waals surface area contributed by atoms with Gasteiger partial charge >= 0.3 is 5.97 Å². The third-order valence-corrected chi connectivity index (χ3v) is 8.58. The second-order valence-electron chi connectivity index (χ2n) is 11.5. The van der Waals surface area contributed by atoms with E-state index in [4.69, 9.17) is 18.9 Å². The molecule has 1 heterocycles. The summed E-state index contributed by atoms with van der Waals surface area (Å²) in [6, 6.07) is 33.0. The molecule has 0 aromatic heterocycles. The summed E-state index contributed by atoms with van der Waals surface area (Å²) >= 11 is 0. The summed E-state index contributed by atoms with van der Waals surface area (Å²) in [6.07, 6.45) is 0.892. The number of nitrogens with one attached hydrogen (secondary N) is 1. The van der Waals surface area contributed by atoms with E-state index in [-0.39, 0.29) is 18.3 Å². The zero-order valence-electron chi connectivity index (χ0n) is 26.2. The van der Waals surface area contributed by atoms with Gasteiger partial charge in [0.1, 0.15) is 19.0 Å². The molecule has 46 heavy (non-hydrogen) atoms. The number of rotatable bonds is 10. The standard InChI is InChI=1S/C39H37NO6/c1-25-36(39(42)46-24-27-13-8-5-9-14-27)37(29-15-10-16-31(19-29)45-23-26-11-6-4-7-12-26)38-32(40-25)20-30(21-33(38)41)28-17-18-34(43-2)35(22-28)44-3/h4-19,22,30,37,40H,20-21,23-24H2,1-3H3/t30-,37+/m1/s1. The van der Waals surface area contributed by atoms with Crippen molar-refractivity contribution in [3.63, 3.8) is 0 Å². The van der Waals surface area contributed by atoms with Crippen molar-refractivity contribution in [2.24, 2.45) is 0 Å². The number of esters is 1. The van der Waals surface area contributed by atoms with Crippen LogP contribution in [-0.2, 0) is 27.5 Å². The van der Waals surface area contributed by atoms with Crippen molar-refractivity contribution in [3.8, 4) is 17.2 Å². The Morgan fingerprint density at radius 3 is 2.15 bits per heavy atom. The molecule has 1 aliphatic heterocycles. The number of methoxy groups -OCH3 is 2. The van der Waals surface area contributed by atoms with E-state index in [1.165, 1.54) is 0 Å². The van der Waals surface area contributed by atoms with Gasteiger partial charge in [-0.05, 0) is 65.8 Å². The van der Waals surface area contributed by atoms with Gasteiger partial charge in [0.15, 0.2) is 17.3 Å². The van der Waals surface area contributed by atoms with E-state index in [0.717, 1.165) is 28.0 Å². The molecule has 0 saturated carbocycles. The van der Waals surface area contributed by atoms with Crippen LogP contribution in [0.15, 0.2) is 126 Å². The van der Waals surface area contributed by atoms with Gasteiger partial charge in [-0.15, -0.1) is 0 Å². The van der Waals surface area contributed by atoms with Gasteiger partial charge in [-0.3, -0.25) is 4.79 Å². The third kappa shape index (κ3) is 6.54. The zero-order valence-corrected chi connectivity index (χ0v) is 26.2. The lowest BCUT2D eigenvalue weighted by Gasteiger charge is -2.37. The number of ketones is 1. The minimum atomic E-state index is -0.612. The lowest BCUT2D eigenvalue weighted by atomic mass is 9.71. The van der Waals surface area contributed by atoms with E-state index < -0.39 is 11.9 Å². The molecule has 2 aliphatic rings. The molecule has 0 radical (unpaired) electrons. The Labute approximate surface area is 269 Å². The van der Waals surface area contributed by atoms with E-state index in [9.17, 15) is 9.59 Å². The van der Waals surface area contributed by atoms with E-state index in [0.29, 0.717) is 53.5 Å². The summed E-state index contributed by atoms with van der Waals surface area (Å²) in [5.41, 5.74) is 6.21. The highest BCUT2D eigenvalue weighted by Gasteiger charge is 2.41. The maximum atomic E-state index is 14.2. The first-order valence-electron chi connectivity index (χ1n) is 15.4. The Hall–Kier alpha value is -5.30. The summed E-state index contributed by atoms with van der Waals surface area (Å²) < 4.78 is 23.0. The van der Waals surface area contributed by atoms with E-state index in [1.54, 1.807) is 14.2 Å². The smallest absolute Gasteiger partial charge is 0.337 e. The Kier molecular flexibility index (Phi) is 9.20. The van der Waals surface area contributed by atoms with Crippen LogP contribution < -0.4 is 19.5 Å². The fourth-order valence-electron chi connectivity index (χ4n) is 6.31. The molecule has 2 atom stereocenters. The molecule has 6 rings (SSSR count). The average Bonchev–Trinajstić information content (AvgIpc) is 3.09. The van der Waals surface area contributed by atoms with Crippen LogP contribution in [0, 0.1) is 0 Å². The first-order valence-corrected chi connectivity index (χ1v) is 15.4. The highest BCUT2D eigenvalue weighted by molar-refractivity contribution is 6.04. The molecule has 0 bridgehead atoms. The highest BCUT2D eigenvalue weighted by atomic mass is 16.5. The first kappa shape index (κ1) is 30.7. The van der Waals surface area contributed by atoms with Gasteiger partial charge < -0.3 is 24.3 Å². The van der Waals surface area contributed by atoms with Gasteiger partial charge in [-0.25, -0.2) is 4.79 Å². The van der Waals surface area contributed by atoms with Crippen LogP contribution in [-0.4, -0.2) is 26.0 Å². The molecular formula is C39H37NO6. The van der Waals surface area contributed by atoms with Crippen LogP contribution in [0.5, 0.6) is 17.2 Å². The van der Waals surface area contributed by atoms with Crippen molar-refractivity contribution in [1.29, 1.82) is 0 Å². The lowest BCUT2D eigenvalue weighted by Crippen LogP contribution is -2.36. The van der Waals surface area contributed by atoms with Crippen molar-refractivity contribution in [2.75, 3.05) is 14.2 Å². The van der Waals surface area contributed by atoms with Crippen LogP contribution in [0.3, 0.4) is 0 Å². The van der Waals surface area contributed by atoms with Crippen molar-refractivity contribution >= 4 is 11.8 Å². The molecule has 1 N–H and O–H groups in total. The molecule has 0 amide bonds. The van der Waals surface area contributed by atoms with Crippen LogP contribution in [0.2, 0.25) is 0 Å². The van der Waals surface area contributed by atoms with Crippen molar-refractivity contribution < 1.29 is 28.5 Å². The molecule has 4 aromatic carbocycles. The molecule has 7 nitrogen and oxygen atoms in total. The molecule has 234 valence electrons. The minimum Gasteiger partial charge on any atom is -0.493 e. The molecular weight excluding hydrogens is 578 g/mol. The molecule has 4 aromatic rings. The quantitative estimate of drug-likeness (QED) is 0.186. The van der Waals surface area contributed by atoms with Gasteiger partial charge in [0.05, 0.1) is 19.8 Å². The predicted molar refractivity (Wildman–Crippen MR) is 176 cm³/mol. The van der Waals surface area contributed by atoms with Gasteiger partial charge in [0, 0.05) is 29.3 Å². The summed E-state index contributed by atoms with van der Waals surface area (Å²) in [5.74, 6) is 0.747. The van der Waals surface area contributed by atoms with Gasteiger partial charge in [-0.2, -0.15) is 0 Å². The second-order valence-corrected chi connectivity index (χ2v) is 11.5. The average molecular weight is 616 g/mol. The summed E-state index contributed by atoms with van der Waals surface area (Å²) in [6.45, 7) is 2.40. The largest absolute Gasteiger partial charge is 0.493 e. The van der Waals surface area contributed by atoms with Gasteiger partial charge in [0.2, 0.25) is 0 Å². The summed E-state index contributed by atoms with van der Waals surface area (Å²) in [4.78, 5) is 28.0. The Morgan fingerprint density at radius 2 is 1.46 bits per heavy atom. The van der Waals surface area contributed by atoms with Gasteiger partial charge in [0.25, 0.3) is 0 Å². The number of allylic oxidation sites excluding steroid dienone is 3. The van der Waals surface area contributed by atoms with E-state index in [1.807, 2.05) is 110 Å². The second kappa shape index (κ2) is 13.8. The van der Waals surface area contributed by atoms with Crippen molar-refractivity contribution in [1.82, 2.24) is 5.32 Å². The number of hydrogen-bond donors (Lipinski definition) is 1. The molecule has 0 spiro atoms. The van der Waals surface area contributed by atoms with E-state index >= 15 is 0 Å². The number of benzene rings is 4. The van der Waals surface area contributed by atoms with Crippen molar-refractivity contribution in [2.45, 2.75) is 44.8 Å². The third-order valence-electron chi connectivity index (χ3n) is 8.58. The Bertz CT molecular complexity index is 1790. The van der Waals surface area contributed by atoms with Crippen LogP contribution in [0.1, 0.15) is 53.9 Å². The highest BCUT2D eigenvalue weighted by Crippen LogP contribution is 2.47. The van der Waals surface area contributed by atoms with Gasteiger partial charge in [-0.1, -0.05) is 78.9 Å². The number of dihydropyridines is 1. The number of hydrogen-bond acceptors (Lipinski definition) is 7. The lowest BCUT2D eigenvalue weighted by molar-refractivity contribution is -0.140. The monoisotopic (exact) mass is 615 g/mol. The SMILES string of the molecule is COc1ccc([C@H]2CC(=O)C3=C(C2)NC(C)=C(C(=O)OCc2ccccc2)[C@@H]3c2cccc(OCc3ccccc3)c2)cc1OC.